The quantitative estimate of drug-likeness (QED) is 0.819. The van der Waals surface area contributed by atoms with Gasteiger partial charge in [0.25, 0.3) is 0 Å². The van der Waals surface area contributed by atoms with E-state index in [4.69, 9.17) is 0 Å². The highest BCUT2D eigenvalue weighted by molar-refractivity contribution is 7.91. The number of aryl methyl sites for hydroxylation is 2. The van der Waals surface area contributed by atoms with Crippen LogP contribution in [0.1, 0.15) is 29.7 Å². The van der Waals surface area contributed by atoms with Gasteiger partial charge in [-0.25, -0.2) is 17.2 Å². The fraction of sp³-hybridized carbons (Fsp3) is 0.400. The largest absolute Gasteiger partial charge is 0.271 e. The summed E-state index contributed by atoms with van der Waals surface area (Å²) in [6.45, 7) is 3.74. The van der Waals surface area contributed by atoms with Crippen molar-refractivity contribution >= 4 is 9.84 Å². The molecule has 0 fully saturated rings. The van der Waals surface area contributed by atoms with Crippen LogP contribution in [0.4, 0.5) is 8.78 Å². The molecule has 0 aliphatic rings. The molecule has 0 bridgehead atoms. The number of sulfone groups is 1. The van der Waals surface area contributed by atoms with Crippen LogP contribution in [0, 0.1) is 18.6 Å². The molecule has 0 N–H and O–H groups in total. The number of hydrogen-bond donors (Lipinski definition) is 0. The van der Waals surface area contributed by atoms with Crippen LogP contribution in [0.5, 0.6) is 0 Å². The molecule has 22 heavy (non-hydrogen) atoms. The first kappa shape index (κ1) is 16.6. The molecule has 0 spiro atoms. The van der Waals surface area contributed by atoms with Crippen molar-refractivity contribution in [3.63, 3.8) is 0 Å². The summed E-state index contributed by atoms with van der Waals surface area (Å²) < 4.78 is 53.3. The maximum Gasteiger partial charge on any atom is 0.159 e. The lowest BCUT2D eigenvalue weighted by Crippen LogP contribution is -2.21. The van der Waals surface area contributed by atoms with Crippen LogP contribution in [0.15, 0.2) is 30.6 Å². The lowest BCUT2D eigenvalue weighted by atomic mass is 10.1. The minimum Gasteiger partial charge on any atom is -0.271 e. The molecule has 1 aromatic carbocycles. The molecule has 1 heterocycles. The van der Waals surface area contributed by atoms with Crippen molar-refractivity contribution in [2.24, 2.45) is 0 Å². The van der Waals surface area contributed by atoms with E-state index >= 15 is 0 Å². The Morgan fingerprint density at radius 3 is 2.59 bits per heavy atom. The number of halogens is 2. The van der Waals surface area contributed by atoms with Gasteiger partial charge in [-0.2, -0.15) is 5.10 Å². The van der Waals surface area contributed by atoms with Crippen LogP contribution in [-0.4, -0.2) is 24.0 Å². The number of nitrogens with zero attached hydrogens (tertiary/aromatic N) is 2. The highest BCUT2D eigenvalue weighted by Crippen LogP contribution is 2.29. The van der Waals surface area contributed by atoms with Gasteiger partial charge >= 0.3 is 0 Å². The molecule has 4 nitrogen and oxygen atoms in total. The van der Waals surface area contributed by atoms with E-state index in [1.807, 2.05) is 6.92 Å². The molecule has 0 saturated heterocycles. The summed E-state index contributed by atoms with van der Waals surface area (Å²) in [7, 11) is -3.57. The number of benzene rings is 1. The van der Waals surface area contributed by atoms with Gasteiger partial charge < -0.3 is 0 Å². The van der Waals surface area contributed by atoms with Crippen molar-refractivity contribution in [2.45, 2.75) is 32.1 Å². The molecule has 7 heteroatoms. The zero-order valence-corrected chi connectivity index (χ0v) is 13.3. The van der Waals surface area contributed by atoms with Crippen molar-refractivity contribution < 1.29 is 17.2 Å². The molecule has 2 aromatic rings. The zero-order chi connectivity index (χ0) is 16.3. The van der Waals surface area contributed by atoms with Gasteiger partial charge in [-0.3, -0.25) is 4.68 Å². The third-order valence-electron chi connectivity index (χ3n) is 3.48. The van der Waals surface area contributed by atoms with Gasteiger partial charge in [0.1, 0.15) is 11.6 Å². The van der Waals surface area contributed by atoms with E-state index in [2.05, 4.69) is 5.10 Å². The average Bonchev–Trinajstić information content (AvgIpc) is 2.85. The molecular weight excluding hydrogens is 310 g/mol. The first-order valence-electron chi connectivity index (χ1n) is 6.99. The fourth-order valence-corrected chi connectivity index (χ4v) is 4.19. The zero-order valence-electron chi connectivity index (χ0n) is 12.5. The molecule has 0 aliphatic carbocycles. The molecule has 1 unspecified atom stereocenters. The Labute approximate surface area is 128 Å². The summed E-state index contributed by atoms with van der Waals surface area (Å²) in [6.07, 6.45) is 3.61. The summed E-state index contributed by atoms with van der Waals surface area (Å²) >= 11 is 0. The lowest BCUT2D eigenvalue weighted by Gasteiger charge is -2.17. The smallest absolute Gasteiger partial charge is 0.159 e. The Bertz CT molecular complexity index is 757. The van der Waals surface area contributed by atoms with E-state index in [0.29, 0.717) is 6.07 Å². The summed E-state index contributed by atoms with van der Waals surface area (Å²) in [5, 5.41) is 3.05. The Morgan fingerprint density at radius 1 is 1.32 bits per heavy atom. The van der Waals surface area contributed by atoms with Crippen LogP contribution in [0.25, 0.3) is 0 Å². The lowest BCUT2D eigenvalue weighted by molar-refractivity contribution is 0.545. The van der Waals surface area contributed by atoms with E-state index in [9.17, 15) is 17.2 Å². The van der Waals surface area contributed by atoms with Crippen LogP contribution >= 0.6 is 0 Å². The Morgan fingerprint density at radius 2 is 2.05 bits per heavy atom. The molecule has 0 saturated carbocycles. The summed E-state index contributed by atoms with van der Waals surface area (Å²) in [6, 6.07) is 2.99. The van der Waals surface area contributed by atoms with Crippen molar-refractivity contribution in [3.05, 3.63) is 53.4 Å². The van der Waals surface area contributed by atoms with Crippen molar-refractivity contribution in [1.29, 1.82) is 0 Å². The summed E-state index contributed by atoms with van der Waals surface area (Å²) in [5.41, 5.74) is 0.953. The molecule has 1 aromatic heterocycles. The van der Waals surface area contributed by atoms with Gasteiger partial charge in [-0.15, -0.1) is 0 Å². The highest BCUT2D eigenvalue weighted by Gasteiger charge is 2.28. The number of aromatic nitrogens is 2. The van der Waals surface area contributed by atoms with E-state index in [-0.39, 0.29) is 24.3 Å². The minimum atomic E-state index is -3.57. The Kier molecular flexibility index (Phi) is 4.95. The topological polar surface area (TPSA) is 52.0 Å². The first-order valence-corrected chi connectivity index (χ1v) is 8.70. The average molecular weight is 328 g/mol. The van der Waals surface area contributed by atoms with E-state index < -0.39 is 26.7 Å². The third-order valence-corrected chi connectivity index (χ3v) is 5.69. The second kappa shape index (κ2) is 6.56. The van der Waals surface area contributed by atoms with Crippen LogP contribution < -0.4 is 0 Å². The second-order valence-electron chi connectivity index (χ2n) is 5.21. The van der Waals surface area contributed by atoms with Gasteiger partial charge in [-0.1, -0.05) is 13.0 Å². The van der Waals surface area contributed by atoms with Crippen LogP contribution in [0.3, 0.4) is 0 Å². The fourth-order valence-electron chi connectivity index (χ4n) is 2.38. The second-order valence-corrected chi connectivity index (χ2v) is 7.51. The standard InChI is InChI=1S/C15H18F2N2O2S/c1-3-15(13-5-4-12(16)8-14(13)17)22(20,21)7-6-19-10-11(2)9-18-19/h4-5,8-10,15H,3,6-7H2,1-2H3. The van der Waals surface area contributed by atoms with E-state index in [0.717, 1.165) is 11.6 Å². The van der Waals surface area contributed by atoms with Gasteiger partial charge in [0.2, 0.25) is 0 Å². The third kappa shape index (κ3) is 3.71. The summed E-state index contributed by atoms with van der Waals surface area (Å²) in [5.74, 6) is -1.70. The number of hydrogen-bond acceptors (Lipinski definition) is 3. The van der Waals surface area contributed by atoms with E-state index in [1.165, 1.54) is 6.07 Å². The first-order chi connectivity index (χ1) is 10.3. The molecule has 0 radical (unpaired) electrons. The molecule has 1 atom stereocenters. The van der Waals surface area contributed by atoms with Gasteiger partial charge in [0, 0.05) is 17.8 Å². The molecular formula is C15H18F2N2O2S. The van der Waals surface area contributed by atoms with Gasteiger partial charge in [0.15, 0.2) is 9.84 Å². The van der Waals surface area contributed by atoms with Crippen molar-refractivity contribution in [1.82, 2.24) is 9.78 Å². The molecule has 0 aliphatic heterocycles. The predicted octanol–water partition coefficient (Wildman–Crippen LogP) is 3.04. The SMILES string of the molecule is CCC(c1ccc(F)cc1F)S(=O)(=O)CCn1cc(C)cn1. The van der Waals surface area contributed by atoms with Crippen molar-refractivity contribution in [2.75, 3.05) is 5.75 Å². The number of rotatable bonds is 6. The van der Waals surface area contributed by atoms with Gasteiger partial charge in [0.05, 0.1) is 23.7 Å². The maximum atomic E-state index is 13.9. The Balaban J connectivity index is 2.21. The Hall–Kier alpha value is -1.76. The maximum absolute atomic E-state index is 13.9. The highest BCUT2D eigenvalue weighted by atomic mass is 32.2. The van der Waals surface area contributed by atoms with E-state index in [1.54, 1.807) is 24.0 Å². The predicted molar refractivity (Wildman–Crippen MR) is 80.1 cm³/mol. The molecule has 0 amide bonds. The normalized spacial score (nSPS) is 13.3. The van der Waals surface area contributed by atoms with Crippen molar-refractivity contribution in [3.8, 4) is 0 Å². The monoisotopic (exact) mass is 328 g/mol. The van der Waals surface area contributed by atoms with Crippen LogP contribution in [0.2, 0.25) is 0 Å². The molecule has 2 rings (SSSR count). The minimum absolute atomic E-state index is 0.0144. The van der Waals surface area contributed by atoms with Crippen LogP contribution in [-0.2, 0) is 16.4 Å². The van der Waals surface area contributed by atoms with Gasteiger partial charge in [-0.05, 0) is 25.0 Å². The summed E-state index contributed by atoms with van der Waals surface area (Å²) in [4.78, 5) is 0. The molecule has 120 valence electrons.